The predicted molar refractivity (Wildman–Crippen MR) is 145 cm³/mol. The van der Waals surface area contributed by atoms with Crippen LogP contribution in [0.4, 0.5) is 9.59 Å². The smallest absolute Gasteiger partial charge is 0.430 e. The summed E-state index contributed by atoms with van der Waals surface area (Å²) in [4.78, 5) is 27.3. The fourth-order valence-electron chi connectivity index (χ4n) is 3.82. The number of ether oxygens (including phenoxy) is 4. The van der Waals surface area contributed by atoms with Gasteiger partial charge in [0.25, 0.3) is 0 Å². The highest BCUT2D eigenvalue weighted by Crippen LogP contribution is 2.38. The summed E-state index contributed by atoms with van der Waals surface area (Å²) in [7, 11) is -0.477. The molecule has 0 spiro atoms. The molecule has 0 aliphatic rings. The van der Waals surface area contributed by atoms with E-state index in [0.717, 1.165) is 36.9 Å². The van der Waals surface area contributed by atoms with E-state index in [2.05, 4.69) is 25.3 Å². The van der Waals surface area contributed by atoms with Crippen molar-refractivity contribution in [1.82, 2.24) is 0 Å². The second-order valence-electron chi connectivity index (χ2n) is 8.30. The van der Waals surface area contributed by atoms with Gasteiger partial charge in [-0.25, -0.2) is 9.59 Å². The van der Waals surface area contributed by atoms with Gasteiger partial charge in [0.05, 0.1) is 10.9 Å². The molecule has 3 aromatic rings. The molecule has 0 aliphatic heterocycles. The van der Waals surface area contributed by atoms with Gasteiger partial charge in [0.1, 0.15) is 24.7 Å². The number of benzene rings is 3. The maximum Gasteiger partial charge on any atom is 0.514 e. The van der Waals surface area contributed by atoms with E-state index in [1.165, 1.54) is 12.2 Å². The Morgan fingerprint density at radius 3 is 1.41 bits per heavy atom. The molecule has 0 saturated carbocycles. The number of carbonyl (C=O) groups excluding carboxylic acids is 2. The summed E-state index contributed by atoms with van der Waals surface area (Å²) >= 11 is 0. The van der Waals surface area contributed by atoms with Crippen LogP contribution < -0.4 is 9.47 Å². The van der Waals surface area contributed by atoms with Gasteiger partial charge in [-0.2, -0.15) is 0 Å². The van der Waals surface area contributed by atoms with Crippen molar-refractivity contribution in [2.45, 2.75) is 42.4 Å². The van der Waals surface area contributed by atoms with E-state index in [-0.39, 0.29) is 13.2 Å². The molecule has 0 N–H and O–H groups in total. The number of hydrogen-bond donors (Lipinski definition) is 0. The third-order valence-corrected chi connectivity index (χ3v) is 7.48. The SMILES string of the molecule is C=CCOC(=O)Oc1c(C)cc([S+](c2ccccc2)c2cc(C)c(OC(=O)OCC=C)c(C)c2)cc1C. The summed E-state index contributed by atoms with van der Waals surface area (Å²) in [5.74, 6) is 0.951. The molecule has 0 atom stereocenters. The summed E-state index contributed by atoms with van der Waals surface area (Å²) in [5, 5.41) is 0. The Morgan fingerprint density at radius 1 is 0.676 bits per heavy atom. The van der Waals surface area contributed by atoms with Gasteiger partial charge in [-0.1, -0.05) is 43.5 Å². The first kappa shape index (κ1) is 27.6. The Morgan fingerprint density at radius 2 is 1.05 bits per heavy atom. The van der Waals surface area contributed by atoms with Gasteiger partial charge in [0, 0.05) is 24.3 Å². The lowest BCUT2D eigenvalue weighted by molar-refractivity contribution is 0.108. The minimum atomic E-state index is -0.769. The van der Waals surface area contributed by atoms with Gasteiger partial charge in [-0.15, -0.1) is 0 Å². The normalized spacial score (nSPS) is 10.5. The molecule has 0 saturated heterocycles. The first-order chi connectivity index (χ1) is 17.7. The second kappa shape index (κ2) is 12.8. The summed E-state index contributed by atoms with van der Waals surface area (Å²) in [5.41, 5.74) is 3.27. The van der Waals surface area contributed by atoms with Crippen LogP contribution in [-0.4, -0.2) is 25.5 Å². The molecule has 37 heavy (non-hydrogen) atoms. The van der Waals surface area contributed by atoms with Crippen molar-refractivity contribution in [3.05, 3.63) is 102 Å². The van der Waals surface area contributed by atoms with Crippen LogP contribution in [-0.2, 0) is 20.4 Å². The lowest BCUT2D eigenvalue weighted by Crippen LogP contribution is -2.14. The number of aryl methyl sites for hydroxylation is 4. The van der Waals surface area contributed by atoms with Crippen molar-refractivity contribution in [3.63, 3.8) is 0 Å². The van der Waals surface area contributed by atoms with Crippen LogP contribution >= 0.6 is 0 Å². The highest BCUT2D eigenvalue weighted by atomic mass is 32.2. The van der Waals surface area contributed by atoms with Gasteiger partial charge < -0.3 is 18.9 Å². The molecule has 3 rings (SSSR count). The minimum Gasteiger partial charge on any atom is -0.430 e. The summed E-state index contributed by atoms with van der Waals surface area (Å²) in [6.07, 6.45) is 1.43. The Kier molecular flexibility index (Phi) is 9.57. The van der Waals surface area contributed by atoms with Crippen molar-refractivity contribution in [1.29, 1.82) is 0 Å². The summed E-state index contributed by atoms with van der Waals surface area (Å²) in [6.45, 7) is 14.9. The Hall–Kier alpha value is -3.97. The van der Waals surface area contributed by atoms with Crippen LogP contribution in [0.1, 0.15) is 22.3 Å². The van der Waals surface area contributed by atoms with Crippen LogP contribution in [0.25, 0.3) is 0 Å². The predicted octanol–water partition coefficient (Wildman–Crippen LogP) is 7.42. The number of rotatable bonds is 9. The van der Waals surface area contributed by atoms with Gasteiger partial charge in [-0.3, -0.25) is 0 Å². The zero-order chi connectivity index (χ0) is 26.9. The van der Waals surface area contributed by atoms with Crippen LogP contribution in [0, 0.1) is 27.7 Å². The van der Waals surface area contributed by atoms with Crippen LogP contribution in [0.3, 0.4) is 0 Å². The van der Waals surface area contributed by atoms with Crippen LogP contribution in [0.15, 0.2) is 94.6 Å². The molecule has 0 unspecified atom stereocenters. The van der Waals surface area contributed by atoms with Gasteiger partial charge in [0.2, 0.25) is 0 Å². The second-order valence-corrected chi connectivity index (χ2v) is 10.3. The first-order valence-electron chi connectivity index (χ1n) is 11.7. The zero-order valence-corrected chi connectivity index (χ0v) is 22.4. The van der Waals surface area contributed by atoms with E-state index in [1.54, 1.807) is 0 Å². The van der Waals surface area contributed by atoms with E-state index in [1.807, 2.05) is 70.2 Å². The highest BCUT2D eigenvalue weighted by Gasteiger charge is 2.32. The van der Waals surface area contributed by atoms with E-state index in [0.29, 0.717) is 11.5 Å². The summed E-state index contributed by atoms with van der Waals surface area (Å²) < 4.78 is 20.9. The number of hydrogen-bond acceptors (Lipinski definition) is 6. The van der Waals surface area contributed by atoms with Crippen molar-refractivity contribution in [2.75, 3.05) is 13.2 Å². The average molecular weight is 520 g/mol. The molecule has 6 nitrogen and oxygen atoms in total. The van der Waals surface area contributed by atoms with E-state index >= 15 is 0 Å². The molecule has 7 heteroatoms. The van der Waals surface area contributed by atoms with Crippen molar-refractivity contribution >= 4 is 23.2 Å². The topological polar surface area (TPSA) is 71.1 Å². The van der Waals surface area contributed by atoms with Crippen molar-refractivity contribution in [3.8, 4) is 11.5 Å². The Balaban J connectivity index is 2.03. The lowest BCUT2D eigenvalue weighted by atomic mass is 10.1. The van der Waals surface area contributed by atoms with Crippen LogP contribution in [0.2, 0.25) is 0 Å². The third kappa shape index (κ3) is 7.05. The molecular formula is C30H31O6S+. The fourth-order valence-corrected chi connectivity index (χ4v) is 6.25. The summed E-state index contributed by atoms with van der Waals surface area (Å²) in [6, 6.07) is 18.3. The molecule has 192 valence electrons. The first-order valence-corrected chi connectivity index (χ1v) is 12.9. The quantitative estimate of drug-likeness (QED) is 0.127. The largest absolute Gasteiger partial charge is 0.514 e. The van der Waals surface area contributed by atoms with Crippen molar-refractivity contribution in [2.24, 2.45) is 0 Å². The highest BCUT2D eigenvalue weighted by molar-refractivity contribution is 7.97. The molecule has 0 fully saturated rings. The molecule has 0 radical (unpaired) electrons. The van der Waals surface area contributed by atoms with Gasteiger partial charge in [-0.05, 0) is 62.1 Å². The standard InChI is InChI=1S/C30H31O6S/c1-7-14-33-29(31)35-27-20(3)16-25(17-21(27)4)37(24-12-10-9-11-13-24)26-18-22(5)28(23(6)19-26)36-30(32)34-15-8-2/h7-13,16-19H,1-2,14-15H2,3-6H3/q+1. The molecule has 0 aliphatic carbocycles. The Labute approximate surface area is 220 Å². The molecule has 0 heterocycles. The molecular weight excluding hydrogens is 488 g/mol. The molecule has 0 aromatic heterocycles. The number of carbonyl (C=O) groups is 2. The van der Waals surface area contributed by atoms with Gasteiger partial charge in [0.15, 0.2) is 14.7 Å². The Bertz CT molecular complexity index is 1170. The third-order valence-electron chi connectivity index (χ3n) is 5.33. The fraction of sp³-hybridized carbons (Fsp3) is 0.200. The monoisotopic (exact) mass is 519 g/mol. The maximum absolute atomic E-state index is 12.0. The van der Waals surface area contributed by atoms with Gasteiger partial charge >= 0.3 is 12.3 Å². The molecule has 0 bridgehead atoms. The zero-order valence-electron chi connectivity index (χ0n) is 21.5. The minimum absolute atomic E-state index is 0.0802. The molecule has 3 aromatic carbocycles. The average Bonchev–Trinajstić information content (AvgIpc) is 2.86. The van der Waals surface area contributed by atoms with E-state index in [4.69, 9.17) is 18.9 Å². The van der Waals surface area contributed by atoms with Crippen molar-refractivity contribution < 1.29 is 28.5 Å². The van der Waals surface area contributed by atoms with E-state index < -0.39 is 23.2 Å². The lowest BCUT2D eigenvalue weighted by Gasteiger charge is -2.15. The van der Waals surface area contributed by atoms with E-state index in [9.17, 15) is 9.59 Å². The molecule has 0 amide bonds. The van der Waals surface area contributed by atoms with Crippen LogP contribution in [0.5, 0.6) is 11.5 Å². The maximum atomic E-state index is 12.0.